The lowest BCUT2D eigenvalue weighted by Gasteiger charge is -2.07. The van der Waals surface area contributed by atoms with E-state index in [-0.39, 0.29) is 4.21 Å². The van der Waals surface area contributed by atoms with E-state index in [2.05, 4.69) is 14.7 Å². The van der Waals surface area contributed by atoms with Gasteiger partial charge in [-0.25, -0.2) is 13.4 Å². The fourth-order valence-corrected chi connectivity index (χ4v) is 5.27. The molecule has 0 saturated heterocycles. The van der Waals surface area contributed by atoms with Crippen molar-refractivity contribution in [2.24, 2.45) is 0 Å². The summed E-state index contributed by atoms with van der Waals surface area (Å²) in [6.45, 7) is 0. The zero-order chi connectivity index (χ0) is 18.0. The predicted octanol–water partition coefficient (Wildman–Crippen LogP) is 4.73. The molecule has 0 unspecified atom stereocenters. The van der Waals surface area contributed by atoms with E-state index in [9.17, 15) is 8.42 Å². The molecular formula is C18H13N3O2S3. The monoisotopic (exact) mass is 399 g/mol. The van der Waals surface area contributed by atoms with E-state index in [1.54, 1.807) is 42.0 Å². The molecule has 0 saturated carbocycles. The molecule has 0 aliphatic heterocycles. The van der Waals surface area contributed by atoms with Crippen molar-refractivity contribution >= 4 is 38.4 Å². The first-order chi connectivity index (χ1) is 12.6. The lowest BCUT2D eigenvalue weighted by molar-refractivity contribution is 0.603. The van der Waals surface area contributed by atoms with Gasteiger partial charge in [0.1, 0.15) is 9.22 Å². The molecule has 0 fully saturated rings. The van der Waals surface area contributed by atoms with Gasteiger partial charge < -0.3 is 0 Å². The Morgan fingerprint density at radius 1 is 0.923 bits per heavy atom. The molecule has 0 spiro atoms. The molecule has 8 heteroatoms. The van der Waals surface area contributed by atoms with E-state index in [0.717, 1.165) is 21.8 Å². The predicted molar refractivity (Wildman–Crippen MR) is 106 cm³/mol. The number of sulfonamides is 1. The van der Waals surface area contributed by atoms with E-state index in [1.165, 1.54) is 22.7 Å². The summed E-state index contributed by atoms with van der Waals surface area (Å²) >= 11 is 2.72. The Hall–Kier alpha value is -2.55. The Morgan fingerprint density at radius 3 is 2.54 bits per heavy atom. The first-order valence-electron chi connectivity index (χ1n) is 7.64. The molecule has 0 amide bonds. The van der Waals surface area contributed by atoms with Crippen molar-refractivity contribution in [2.75, 3.05) is 4.72 Å². The highest BCUT2D eigenvalue weighted by atomic mass is 32.2. The van der Waals surface area contributed by atoms with Crippen LogP contribution in [0.4, 0.5) is 5.69 Å². The van der Waals surface area contributed by atoms with E-state index in [1.807, 2.05) is 29.6 Å². The number of pyridine rings is 1. The van der Waals surface area contributed by atoms with Gasteiger partial charge in [0.05, 0.1) is 5.69 Å². The van der Waals surface area contributed by atoms with E-state index in [0.29, 0.717) is 5.69 Å². The van der Waals surface area contributed by atoms with Crippen LogP contribution in [0.2, 0.25) is 0 Å². The molecule has 0 aliphatic carbocycles. The first kappa shape index (κ1) is 16.9. The van der Waals surface area contributed by atoms with Crippen LogP contribution < -0.4 is 4.72 Å². The van der Waals surface area contributed by atoms with Gasteiger partial charge in [0.15, 0.2) is 0 Å². The molecule has 1 N–H and O–H groups in total. The van der Waals surface area contributed by atoms with Crippen molar-refractivity contribution in [1.82, 2.24) is 9.97 Å². The number of hydrogen-bond donors (Lipinski definition) is 1. The second-order valence-electron chi connectivity index (χ2n) is 5.39. The summed E-state index contributed by atoms with van der Waals surface area (Å²) in [5, 5.41) is 4.59. The van der Waals surface area contributed by atoms with Crippen LogP contribution in [0.1, 0.15) is 0 Å². The van der Waals surface area contributed by atoms with Gasteiger partial charge in [-0.05, 0) is 35.7 Å². The molecule has 0 bridgehead atoms. The number of benzene rings is 1. The van der Waals surface area contributed by atoms with Crippen molar-refractivity contribution < 1.29 is 8.42 Å². The van der Waals surface area contributed by atoms with Crippen LogP contribution in [0.15, 0.2) is 75.9 Å². The summed E-state index contributed by atoms with van der Waals surface area (Å²) in [5.41, 5.74) is 3.17. The standard InChI is InChI=1S/C18H13N3O2S3/c22-26(23,17-5-2-10-24-17)21-15-4-1-3-14(11-15)16-12-25-18(20-16)13-6-8-19-9-7-13/h1-12,21H. The largest absolute Gasteiger partial charge is 0.279 e. The number of hydrogen-bond acceptors (Lipinski definition) is 6. The topological polar surface area (TPSA) is 72.0 Å². The summed E-state index contributed by atoms with van der Waals surface area (Å²) in [7, 11) is -3.56. The summed E-state index contributed by atoms with van der Waals surface area (Å²) in [6.07, 6.45) is 3.47. The molecule has 3 aromatic heterocycles. The van der Waals surface area contributed by atoms with Gasteiger partial charge in [-0.15, -0.1) is 22.7 Å². The molecule has 0 atom stereocenters. The zero-order valence-electron chi connectivity index (χ0n) is 13.4. The van der Waals surface area contributed by atoms with E-state index < -0.39 is 10.0 Å². The molecule has 3 heterocycles. The van der Waals surface area contributed by atoms with Crippen LogP contribution in [0.3, 0.4) is 0 Å². The fraction of sp³-hybridized carbons (Fsp3) is 0. The van der Waals surface area contributed by atoms with Crippen molar-refractivity contribution in [3.8, 4) is 21.8 Å². The normalized spacial score (nSPS) is 11.4. The third kappa shape index (κ3) is 3.52. The Balaban J connectivity index is 1.62. The highest BCUT2D eigenvalue weighted by Gasteiger charge is 2.15. The van der Waals surface area contributed by atoms with E-state index in [4.69, 9.17) is 0 Å². The van der Waals surface area contributed by atoms with Crippen molar-refractivity contribution in [2.45, 2.75) is 4.21 Å². The van der Waals surface area contributed by atoms with Crippen molar-refractivity contribution in [3.63, 3.8) is 0 Å². The molecular weight excluding hydrogens is 386 g/mol. The molecule has 0 aliphatic rings. The first-order valence-corrected chi connectivity index (χ1v) is 10.9. The maximum Gasteiger partial charge on any atom is 0.271 e. The number of thiazole rings is 1. The number of nitrogens with one attached hydrogen (secondary N) is 1. The molecule has 130 valence electrons. The van der Waals surface area contributed by atoms with Crippen LogP contribution in [0.5, 0.6) is 0 Å². The number of thiophene rings is 1. The lowest BCUT2D eigenvalue weighted by atomic mass is 10.1. The average Bonchev–Trinajstić information content (AvgIpc) is 3.35. The molecule has 1 aromatic carbocycles. The Bertz CT molecular complexity index is 1120. The number of nitrogens with zero attached hydrogens (tertiary/aromatic N) is 2. The zero-order valence-corrected chi connectivity index (χ0v) is 15.8. The average molecular weight is 400 g/mol. The van der Waals surface area contributed by atoms with Gasteiger partial charge in [-0.1, -0.05) is 18.2 Å². The molecule has 4 aromatic rings. The van der Waals surface area contributed by atoms with Crippen molar-refractivity contribution in [3.05, 3.63) is 71.7 Å². The lowest BCUT2D eigenvalue weighted by Crippen LogP contribution is -2.11. The van der Waals surface area contributed by atoms with Crippen LogP contribution in [-0.2, 0) is 10.0 Å². The van der Waals surface area contributed by atoms with Gasteiger partial charge in [0.25, 0.3) is 10.0 Å². The number of anilines is 1. The fourth-order valence-electron chi connectivity index (χ4n) is 2.40. The molecule has 26 heavy (non-hydrogen) atoms. The number of aromatic nitrogens is 2. The molecule has 5 nitrogen and oxygen atoms in total. The smallest absolute Gasteiger partial charge is 0.271 e. The maximum atomic E-state index is 12.4. The highest BCUT2D eigenvalue weighted by molar-refractivity contribution is 7.94. The Morgan fingerprint density at radius 2 is 1.77 bits per heavy atom. The van der Waals surface area contributed by atoms with Gasteiger partial charge in [-0.3, -0.25) is 9.71 Å². The second-order valence-corrected chi connectivity index (χ2v) is 9.11. The van der Waals surface area contributed by atoms with Crippen LogP contribution in [0.25, 0.3) is 21.8 Å². The maximum absolute atomic E-state index is 12.4. The van der Waals surface area contributed by atoms with Crippen LogP contribution in [-0.4, -0.2) is 18.4 Å². The third-order valence-electron chi connectivity index (χ3n) is 3.60. The van der Waals surface area contributed by atoms with Gasteiger partial charge >= 0.3 is 0 Å². The summed E-state index contributed by atoms with van der Waals surface area (Å²) in [6, 6.07) is 14.4. The van der Waals surface area contributed by atoms with E-state index >= 15 is 0 Å². The summed E-state index contributed by atoms with van der Waals surface area (Å²) in [4.78, 5) is 8.67. The van der Waals surface area contributed by atoms with Gasteiger partial charge in [0, 0.05) is 34.6 Å². The minimum Gasteiger partial charge on any atom is -0.279 e. The molecule has 4 rings (SSSR count). The minimum absolute atomic E-state index is 0.288. The molecule has 0 radical (unpaired) electrons. The number of rotatable bonds is 5. The minimum atomic E-state index is -3.56. The second kappa shape index (κ2) is 6.99. The quantitative estimate of drug-likeness (QED) is 0.526. The van der Waals surface area contributed by atoms with Gasteiger partial charge in [-0.2, -0.15) is 0 Å². The van der Waals surface area contributed by atoms with Crippen LogP contribution in [0, 0.1) is 0 Å². The van der Waals surface area contributed by atoms with Crippen molar-refractivity contribution in [1.29, 1.82) is 0 Å². The van der Waals surface area contributed by atoms with Gasteiger partial charge in [0.2, 0.25) is 0 Å². The summed E-state index contributed by atoms with van der Waals surface area (Å²) in [5.74, 6) is 0. The third-order valence-corrected chi connectivity index (χ3v) is 7.27. The Kier molecular flexibility index (Phi) is 4.54. The highest BCUT2D eigenvalue weighted by Crippen LogP contribution is 2.30. The SMILES string of the molecule is O=S(=O)(Nc1cccc(-c2csc(-c3ccncc3)n2)c1)c1cccs1. The van der Waals surface area contributed by atoms with Crippen LogP contribution >= 0.6 is 22.7 Å². The Labute approximate surface area is 159 Å². The summed E-state index contributed by atoms with van der Waals surface area (Å²) < 4.78 is 27.7.